The molecule has 32 heavy (non-hydrogen) atoms. The van der Waals surface area contributed by atoms with Crippen LogP contribution in [-0.4, -0.2) is 28.1 Å². The lowest BCUT2D eigenvalue weighted by atomic mass is 10.1. The molecule has 0 saturated carbocycles. The minimum absolute atomic E-state index is 0.0701. The average molecular weight is 446 g/mol. The molecule has 2 N–H and O–H groups in total. The number of para-hydroxylation sites is 2. The maximum atomic E-state index is 11.6. The molecule has 5 aromatic rings. The van der Waals surface area contributed by atoms with Crippen LogP contribution in [0.15, 0.2) is 82.5 Å². The minimum atomic E-state index is -3.78. The Morgan fingerprint density at radius 1 is 1.00 bits per heavy atom. The van der Waals surface area contributed by atoms with Gasteiger partial charge in [-0.1, -0.05) is 35.5 Å². The molecule has 160 valence electrons. The maximum Gasteiger partial charge on any atom is 0.258 e. The summed E-state index contributed by atoms with van der Waals surface area (Å²) < 4.78 is 30.8. The Labute approximate surface area is 184 Å². The molecule has 5 rings (SSSR count). The van der Waals surface area contributed by atoms with Gasteiger partial charge in [0.25, 0.3) is 5.89 Å². The second-order valence-electron chi connectivity index (χ2n) is 7.51. The maximum absolute atomic E-state index is 11.6. The van der Waals surface area contributed by atoms with Crippen molar-refractivity contribution in [2.75, 3.05) is 0 Å². The summed E-state index contributed by atoms with van der Waals surface area (Å²) in [6.07, 6.45) is 1.83. The van der Waals surface area contributed by atoms with E-state index in [4.69, 9.17) is 9.66 Å². The standard InChI is InChI=1S/C23H19N5O3S/c1-15-11-18(9-10-21(15)32(24,29)30)23-26-22(27-31-23)17-6-4-5-16(12-17)13-28-14-25-19-7-2-3-8-20(19)28/h2-12,14H,13H2,1H3,(H2,24,29,30). The summed E-state index contributed by atoms with van der Waals surface area (Å²) in [5.41, 5.74) is 5.05. The van der Waals surface area contributed by atoms with E-state index < -0.39 is 10.0 Å². The van der Waals surface area contributed by atoms with Crippen LogP contribution in [0, 0.1) is 6.92 Å². The molecule has 0 fully saturated rings. The summed E-state index contributed by atoms with van der Waals surface area (Å²) in [7, 11) is -3.78. The highest BCUT2D eigenvalue weighted by Crippen LogP contribution is 2.26. The van der Waals surface area contributed by atoms with E-state index in [1.165, 1.54) is 6.07 Å². The number of benzene rings is 3. The van der Waals surface area contributed by atoms with E-state index >= 15 is 0 Å². The average Bonchev–Trinajstić information content (AvgIpc) is 3.41. The largest absolute Gasteiger partial charge is 0.334 e. The predicted molar refractivity (Wildman–Crippen MR) is 120 cm³/mol. The van der Waals surface area contributed by atoms with E-state index in [0.717, 1.165) is 22.2 Å². The van der Waals surface area contributed by atoms with Gasteiger partial charge in [0.05, 0.1) is 22.3 Å². The summed E-state index contributed by atoms with van der Waals surface area (Å²) in [6, 6.07) is 20.6. The van der Waals surface area contributed by atoms with Gasteiger partial charge in [-0.3, -0.25) is 0 Å². The van der Waals surface area contributed by atoms with Gasteiger partial charge in [-0.25, -0.2) is 18.5 Å². The molecular formula is C23H19N5O3S. The lowest BCUT2D eigenvalue weighted by molar-refractivity contribution is 0.432. The summed E-state index contributed by atoms with van der Waals surface area (Å²) in [5.74, 6) is 0.751. The number of hydrogen-bond acceptors (Lipinski definition) is 6. The highest BCUT2D eigenvalue weighted by atomic mass is 32.2. The lowest BCUT2D eigenvalue weighted by Crippen LogP contribution is -2.13. The van der Waals surface area contributed by atoms with Crippen molar-refractivity contribution in [2.45, 2.75) is 18.4 Å². The van der Waals surface area contributed by atoms with Gasteiger partial charge in [0.1, 0.15) is 0 Å². The number of rotatable bonds is 5. The van der Waals surface area contributed by atoms with E-state index in [0.29, 0.717) is 29.4 Å². The van der Waals surface area contributed by atoms with Crippen molar-refractivity contribution in [3.63, 3.8) is 0 Å². The lowest BCUT2D eigenvalue weighted by Gasteiger charge is -2.06. The zero-order chi connectivity index (χ0) is 22.3. The third kappa shape index (κ3) is 3.79. The third-order valence-electron chi connectivity index (χ3n) is 5.22. The molecule has 3 aromatic carbocycles. The van der Waals surface area contributed by atoms with Crippen molar-refractivity contribution in [3.05, 3.63) is 84.2 Å². The van der Waals surface area contributed by atoms with Crippen LogP contribution in [0.1, 0.15) is 11.1 Å². The van der Waals surface area contributed by atoms with Gasteiger partial charge in [0.2, 0.25) is 15.8 Å². The summed E-state index contributed by atoms with van der Waals surface area (Å²) in [5, 5.41) is 9.34. The Morgan fingerprint density at radius 2 is 1.84 bits per heavy atom. The number of sulfonamides is 1. The topological polar surface area (TPSA) is 117 Å². The van der Waals surface area contributed by atoms with Gasteiger partial charge >= 0.3 is 0 Å². The number of fused-ring (bicyclic) bond motifs is 1. The fourth-order valence-electron chi connectivity index (χ4n) is 3.70. The van der Waals surface area contributed by atoms with Crippen LogP contribution in [0.5, 0.6) is 0 Å². The number of imidazole rings is 1. The van der Waals surface area contributed by atoms with Gasteiger partial charge in [-0.15, -0.1) is 0 Å². The van der Waals surface area contributed by atoms with Gasteiger partial charge < -0.3 is 9.09 Å². The molecule has 0 bridgehead atoms. The molecule has 2 heterocycles. The number of nitrogens with zero attached hydrogens (tertiary/aromatic N) is 4. The molecule has 0 amide bonds. The summed E-state index contributed by atoms with van der Waals surface area (Å²) in [4.78, 5) is 9.00. The van der Waals surface area contributed by atoms with Gasteiger partial charge in [-0.2, -0.15) is 4.98 Å². The van der Waals surface area contributed by atoms with E-state index in [9.17, 15) is 8.42 Å². The van der Waals surface area contributed by atoms with Gasteiger partial charge in [0.15, 0.2) is 0 Å². The quantitative estimate of drug-likeness (QED) is 0.440. The number of hydrogen-bond donors (Lipinski definition) is 1. The molecule has 2 aromatic heterocycles. The smallest absolute Gasteiger partial charge is 0.258 e. The first-order valence-corrected chi connectivity index (χ1v) is 11.4. The molecule has 0 spiro atoms. The predicted octanol–water partition coefficient (Wildman–Crippen LogP) is 3.76. The van der Waals surface area contributed by atoms with E-state index in [2.05, 4.69) is 19.7 Å². The molecule has 0 saturated heterocycles. The van der Waals surface area contributed by atoms with Crippen molar-refractivity contribution in [1.82, 2.24) is 19.7 Å². The van der Waals surface area contributed by atoms with E-state index in [1.54, 1.807) is 19.1 Å². The first-order chi connectivity index (χ1) is 15.4. The zero-order valence-corrected chi connectivity index (χ0v) is 18.0. The fraction of sp³-hybridized carbons (Fsp3) is 0.0870. The molecule has 0 aliphatic heterocycles. The molecule has 0 aliphatic rings. The van der Waals surface area contributed by atoms with Crippen LogP contribution in [0.3, 0.4) is 0 Å². The Balaban J connectivity index is 1.43. The number of primary sulfonamides is 1. The van der Waals surface area contributed by atoms with Crippen LogP contribution in [0.2, 0.25) is 0 Å². The highest BCUT2D eigenvalue weighted by molar-refractivity contribution is 7.89. The molecule has 9 heteroatoms. The SMILES string of the molecule is Cc1cc(-c2nc(-c3cccc(Cn4cnc5ccccc54)c3)no2)ccc1S(N)(=O)=O. The first-order valence-electron chi connectivity index (χ1n) is 9.85. The van der Waals surface area contributed by atoms with Crippen molar-refractivity contribution >= 4 is 21.1 Å². The zero-order valence-electron chi connectivity index (χ0n) is 17.1. The first kappa shape index (κ1) is 20.1. The second kappa shape index (κ2) is 7.70. The molecule has 8 nitrogen and oxygen atoms in total. The summed E-state index contributed by atoms with van der Waals surface area (Å²) >= 11 is 0. The molecule has 0 aliphatic carbocycles. The number of nitrogens with two attached hydrogens (primary N) is 1. The van der Waals surface area contributed by atoms with E-state index in [-0.39, 0.29) is 4.90 Å². The summed E-state index contributed by atoms with van der Waals surface area (Å²) in [6.45, 7) is 2.33. The van der Waals surface area contributed by atoms with Crippen molar-refractivity contribution in [1.29, 1.82) is 0 Å². The normalized spacial score (nSPS) is 11.8. The molecule has 0 unspecified atom stereocenters. The molecule has 0 atom stereocenters. The van der Waals surface area contributed by atoms with Crippen LogP contribution >= 0.6 is 0 Å². The van der Waals surface area contributed by atoms with Gasteiger partial charge in [0, 0.05) is 17.7 Å². The van der Waals surface area contributed by atoms with Crippen molar-refractivity contribution < 1.29 is 12.9 Å². The number of aromatic nitrogens is 4. The highest BCUT2D eigenvalue weighted by Gasteiger charge is 2.16. The number of aryl methyl sites for hydroxylation is 1. The molecular weight excluding hydrogens is 426 g/mol. The monoisotopic (exact) mass is 445 g/mol. The van der Waals surface area contributed by atoms with Gasteiger partial charge in [-0.05, 0) is 54.4 Å². The van der Waals surface area contributed by atoms with Crippen LogP contribution < -0.4 is 5.14 Å². The Bertz CT molecular complexity index is 1550. The third-order valence-corrected chi connectivity index (χ3v) is 6.29. The molecule has 0 radical (unpaired) electrons. The second-order valence-corrected chi connectivity index (χ2v) is 9.04. The Kier molecular flexibility index (Phi) is 4.84. The van der Waals surface area contributed by atoms with Crippen LogP contribution in [0.4, 0.5) is 0 Å². The van der Waals surface area contributed by atoms with Crippen molar-refractivity contribution in [3.8, 4) is 22.8 Å². The van der Waals surface area contributed by atoms with Crippen LogP contribution in [0.25, 0.3) is 33.9 Å². The Hall–Kier alpha value is -3.82. The minimum Gasteiger partial charge on any atom is -0.334 e. The van der Waals surface area contributed by atoms with E-state index in [1.807, 2.05) is 54.9 Å². The van der Waals surface area contributed by atoms with Crippen molar-refractivity contribution in [2.24, 2.45) is 5.14 Å². The fourth-order valence-corrected chi connectivity index (χ4v) is 4.47. The Morgan fingerprint density at radius 3 is 2.66 bits per heavy atom. The van der Waals surface area contributed by atoms with Crippen LogP contribution in [-0.2, 0) is 16.6 Å².